The summed E-state index contributed by atoms with van der Waals surface area (Å²) in [5.41, 5.74) is 0. The second kappa shape index (κ2) is 4.96. The number of nitrogens with zero attached hydrogens (tertiary/aromatic N) is 1. The van der Waals surface area contributed by atoms with E-state index in [-0.39, 0.29) is 6.04 Å². The van der Waals surface area contributed by atoms with Crippen LogP contribution in [0.15, 0.2) is 16.5 Å². The lowest BCUT2D eigenvalue weighted by Gasteiger charge is -2.32. The Morgan fingerprint density at radius 3 is 2.73 bits per heavy atom. The summed E-state index contributed by atoms with van der Waals surface area (Å²) in [6.45, 7) is 3.03. The molecule has 0 amide bonds. The second-order valence-electron chi connectivity index (χ2n) is 3.60. The summed E-state index contributed by atoms with van der Waals surface area (Å²) in [6.07, 6.45) is 0. The molecule has 0 bridgehead atoms. The standard InChI is InChI=1S/C10H14ClFN2O/c11-10-2-1-9(15-10)8(7-12)14-5-3-13-4-6-14/h1-2,8,13H,3-7H2/t8-/m1/s1. The third-order valence-corrected chi connectivity index (χ3v) is 2.86. The SMILES string of the molecule is FC[C@H](c1ccc(Cl)o1)N1CCNCC1. The van der Waals surface area contributed by atoms with Gasteiger partial charge in [-0.1, -0.05) is 0 Å². The molecule has 0 radical (unpaired) electrons. The first kappa shape index (κ1) is 10.9. The maximum atomic E-state index is 13.0. The number of halogens is 2. The molecule has 2 rings (SSSR count). The van der Waals surface area contributed by atoms with Crippen LogP contribution in [0.3, 0.4) is 0 Å². The van der Waals surface area contributed by atoms with Crippen molar-refractivity contribution >= 4 is 11.6 Å². The Balaban J connectivity index is 2.08. The first-order valence-corrected chi connectivity index (χ1v) is 5.45. The first-order chi connectivity index (χ1) is 7.31. The zero-order valence-electron chi connectivity index (χ0n) is 8.38. The van der Waals surface area contributed by atoms with Gasteiger partial charge in [-0.15, -0.1) is 0 Å². The molecule has 15 heavy (non-hydrogen) atoms. The Morgan fingerprint density at radius 2 is 2.20 bits per heavy atom. The average molecular weight is 233 g/mol. The van der Waals surface area contributed by atoms with Crippen LogP contribution in [0.4, 0.5) is 4.39 Å². The third-order valence-electron chi connectivity index (χ3n) is 2.66. The highest BCUT2D eigenvalue weighted by atomic mass is 35.5. The van der Waals surface area contributed by atoms with Gasteiger partial charge >= 0.3 is 0 Å². The molecule has 1 aromatic heterocycles. The Kier molecular flexibility index (Phi) is 3.61. The van der Waals surface area contributed by atoms with Crippen LogP contribution >= 0.6 is 11.6 Å². The number of furan rings is 1. The summed E-state index contributed by atoms with van der Waals surface area (Å²) < 4.78 is 18.2. The number of nitrogens with one attached hydrogen (secondary N) is 1. The van der Waals surface area contributed by atoms with E-state index >= 15 is 0 Å². The third kappa shape index (κ3) is 2.51. The molecule has 0 spiro atoms. The Labute approximate surface area is 93.2 Å². The highest BCUT2D eigenvalue weighted by Crippen LogP contribution is 2.25. The van der Waals surface area contributed by atoms with Crippen LogP contribution in [0.1, 0.15) is 11.8 Å². The molecule has 5 heteroatoms. The number of piperazine rings is 1. The van der Waals surface area contributed by atoms with Crippen LogP contribution in [0.25, 0.3) is 0 Å². The predicted molar refractivity (Wildman–Crippen MR) is 56.9 cm³/mol. The van der Waals surface area contributed by atoms with Gasteiger partial charge in [0, 0.05) is 26.2 Å². The van der Waals surface area contributed by atoms with E-state index in [4.69, 9.17) is 16.0 Å². The smallest absolute Gasteiger partial charge is 0.193 e. The number of hydrogen-bond donors (Lipinski definition) is 1. The molecular weight excluding hydrogens is 219 g/mol. The second-order valence-corrected chi connectivity index (χ2v) is 3.97. The van der Waals surface area contributed by atoms with E-state index in [1.807, 2.05) is 0 Å². The fourth-order valence-corrected chi connectivity index (χ4v) is 2.01. The molecule has 1 aliphatic heterocycles. The summed E-state index contributed by atoms with van der Waals surface area (Å²) >= 11 is 5.68. The van der Waals surface area contributed by atoms with Gasteiger partial charge in [-0.25, -0.2) is 4.39 Å². The van der Waals surface area contributed by atoms with Crippen molar-refractivity contribution in [1.29, 1.82) is 0 Å². The molecule has 2 heterocycles. The topological polar surface area (TPSA) is 28.4 Å². The lowest BCUT2D eigenvalue weighted by molar-refractivity contribution is 0.130. The molecule has 1 aliphatic rings. The van der Waals surface area contributed by atoms with Gasteiger partial charge in [-0.05, 0) is 23.7 Å². The van der Waals surface area contributed by atoms with E-state index in [1.54, 1.807) is 12.1 Å². The van der Waals surface area contributed by atoms with Crippen molar-refractivity contribution in [2.75, 3.05) is 32.9 Å². The molecule has 1 aromatic rings. The quantitative estimate of drug-likeness (QED) is 0.862. The lowest BCUT2D eigenvalue weighted by atomic mass is 10.2. The van der Waals surface area contributed by atoms with Crippen molar-refractivity contribution in [2.45, 2.75) is 6.04 Å². The van der Waals surface area contributed by atoms with Crippen molar-refractivity contribution in [3.8, 4) is 0 Å². The fourth-order valence-electron chi connectivity index (χ4n) is 1.85. The Bertz CT molecular complexity index is 312. The van der Waals surface area contributed by atoms with Gasteiger partial charge in [-0.2, -0.15) is 0 Å². The largest absolute Gasteiger partial charge is 0.448 e. The van der Waals surface area contributed by atoms with Crippen LogP contribution in [-0.2, 0) is 0 Å². The summed E-state index contributed by atoms with van der Waals surface area (Å²) in [7, 11) is 0. The molecule has 0 saturated carbocycles. The van der Waals surface area contributed by atoms with Crippen LogP contribution in [-0.4, -0.2) is 37.8 Å². The zero-order chi connectivity index (χ0) is 10.7. The van der Waals surface area contributed by atoms with Crippen LogP contribution in [0.2, 0.25) is 5.22 Å². The van der Waals surface area contributed by atoms with Crippen LogP contribution < -0.4 is 5.32 Å². The Hall–Kier alpha value is -0.580. The van der Waals surface area contributed by atoms with E-state index in [2.05, 4.69) is 10.2 Å². The van der Waals surface area contributed by atoms with Crippen LogP contribution in [0, 0.1) is 0 Å². The minimum atomic E-state index is -0.441. The highest BCUT2D eigenvalue weighted by molar-refractivity contribution is 6.28. The van der Waals surface area contributed by atoms with Gasteiger partial charge in [0.2, 0.25) is 0 Å². The van der Waals surface area contributed by atoms with Crippen molar-refractivity contribution < 1.29 is 8.81 Å². The summed E-state index contributed by atoms with van der Waals surface area (Å²) in [4.78, 5) is 2.08. The van der Waals surface area contributed by atoms with Gasteiger partial charge in [-0.3, -0.25) is 4.90 Å². The lowest BCUT2D eigenvalue weighted by Crippen LogP contribution is -2.45. The number of hydrogen-bond acceptors (Lipinski definition) is 3. The molecular formula is C10H14ClFN2O. The number of alkyl halides is 1. The van der Waals surface area contributed by atoms with Crippen molar-refractivity contribution in [2.24, 2.45) is 0 Å². The molecule has 1 N–H and O–H groups in total. The number of rotatable bonds is 3. The summed E-state index contributed by atoms with van der Waals surface area (Å²) in [5, 5.41) is 3.55. The zero-order valence-corrected chi connectivity index (χ0v) is 9.13. The normalized spacial score (nSPS) is 20.4. The van der Waals surface area contributed by atoms with E-state index < -0.39 is 6.67 Å². The van der Waals surface area contributed by atoms with E-state index in [0.29, 0.717) is 11.0 Å². The maximum Gasteiger partial charge on any atom is 0.193 e. The minimum Gasteiger partial charge on any atom is -0.448 e. The molecule has 0 aromatic carbocycles. The average Bonchev–Trinajstić information content (AvgIpc) is 2.68. The van der Waals surface area contributed by atoms with E-state index in [1.165, 1.54) is 0 Å². The van der Waals surface area contributed by atoms with Gasteiger partial charge in [0.05, 0.1) is 6.04 Å². The van der Waals surface area contributed by atoms with Gasteiger partial charge in [0.15, 0.2) is 5.22 Å². The molecule has 84 valence electrons. The minimum absolute atomic E-state index is 0.292. The summed E-state index contributed by atoms with van der Waals surface area (Å²) in [5.74, 6) is 0.615. The maximum absolute atomic E-state index is 13.0. The Morgan fingerprint density at radius 1 is 1.47 bits per heavy atom. The monoisotopic (exact) mass is 232 g/mol. The van der Waals surface area contributed by atoms with Crippen molar-refractivity contribution in [3.05, 3.63) is 23.1 Å². The fraction of sp³-hybridized carbons (Fsp3) is 0.600. The van der Waals surface area contributed by atoms with Crippen LogP contribution in [0.5, 0.6) is 0 Å². The van der Waals surface area contributed by atoms with Gasteiger partial charge < -0.3 is 9.73 Å². The molecule has 3 nitrogen and oxygen atoms in total. The molecule has 1 atom stereocenters. The van der Waals surface area contributed by atoms with E-state index in [0.717, 1.165) is 26.2 Å². The highest BCUT2D eigenvalue weighted by Gasteiger charge is 2.24. The molecule has 0 aliphatic carbocycles. The van der Waals surface area contributed by atoms with Crippen molar-refractivity contribution in [3.63, 3.8) is 0 Å². The van der Waals surface area contributed by atoms with Crippen molar-refractivity contribution in [1.82, 2.24) is 10.2 Å². The molecule has 0 unspecified atom stereocenters. The first-order valence-electron chi connectivity index (χ1n) is 5.07. The van der Waals surface area contributed by atoms with Gasteiger partial charge in [0.25, 0.3) is 0 Å². The molecule has 1 saturated heterocycles. The summed E-state index contributed by atoms with van der Waals surface area (Å²) in [6, 6.07) is 3.11. The predicted octanol–water partition coefficient (Wildman–Crippen LogP) is 1.85. The molecule has 1 fully saturated rings. The van der Waals surface area contributed by atoms with Gasteiger partial charge in [0.1, 0.15) is 12.4 Å². The van der Waals surface area contributed by atoms with E-state index in [9.17, 15) is 4.39 Å².